The summed E-state index contributed by atoms with van der Waals surface area (Å²) in [7, 11) is 0. The molecule has 0 bridgehead atoms. The zero-order chi connectivity index (χ0) is 16.1. The number of rotatable bonds is 3. The number of carboxylic acid groups (broad SMARTS) is 1. The molecule has 0 aliphatic heterocycles. The number of hydrogen-bond acceptors (Lipinski definition) is 3. The highest BCUT2D eigenvalue weighted by atomic mass is 16.4. The van der Waals surface area contributed by atoms with Gasteiger partial charge in [0.2, 0.25) is 0 Å². The molecule has 0 aromatic heterocycles. The third-order valence-corrected chi connectivity index (χ3v) is 3.41. The van der Waals surface area contributed by atoms with Crippen molar-refractivity contribution in [1.82, 2.24) is 0 Å². The van der Waals surface area contributed by atoms with Crippen LogP contribution in [0.4, 0.5) is 0 Å². The highest BCUT2D eigenvalue weighted by Crippen LogP contribution is 2.21. The number of aromatic carboxylic acids is 1. The molecule has 0 aliphatic rings. The molecule has 3 heteroatoms. The second-order valence-electron chi connectivity index (χ2n) is 5.34. The average Bonchev–Trinajstić information content (AvgIpc) is 2.53. The summed E-state index contributed by atoms with van der Waals surface area (Å²) in [6.07, 6.45) is 0. The Hall–Kier alpha value is -2.57. The van der Waals surface area contributed by atoms with Crippen LogP contribution >= 0.6 is 0 Å². The van der Waals surface area contributed by atoms with E-state index in [2.05, 4.69) is 25.7 Å². The van der Waals surface area contributed by atoms with E-state index in [9.17, 15) is 15.0 Å². The molecule has 0 saturated heterocycles. The zero-order valence-electron chi connectivity index (χ0n) is 12.6. The summed E-state index contributed by atoms with van der Waals surface area (Å²) in [5.74, 6) is 5.18. The lowest BCUT2D eigenvalue weighted by Crippen LogP contribution is -2.21. The largest absolute Gasteiger partial charge is 0.545 e. The van der Waals surface area contributed by atoms with E-state index in [1.54, 1.807) is 12.1 Å². The van der Waals surface area contributed by atoms with Crippen LogP contribution in [0.5, 0.6) is 0 Å². The first-order valence-corrected chi connectivity index (χ1v) is 7.08. The molecule has 1 N–H and O–H groups in total. The minimum atomic E-state index is -1.19. The summed E-state index contributed by atoms with van der Waals surface area (Å²) >= 11 is 0. The molecule has 0 heterocycles. The van der Waals surface area contributed by atoms with Gasteiger partial charge in [0, 0.05) is 11.1 Å². The van der Waals surface area contributed by atoms with Gasteiger partial charge in [-0.15, -0.1) is 0 Å². The number of aliphatic hydroxyl groups excluding tert-OH is 1. The van der Waals surface area contributed by atoms with Gasteiger partial charge in [-0.2, -0.15) is 0 Å². The predicted molar refractivity (Wildman–Crippen MR) is 83.2 cm³/mol. The lowest BCUT2D eigenvalue weighted by molar-refractivity contribution is -0.255. The maximum atomic E-state index is 10.7. The van der Waals surface area contributed by atoms with Crippen molar-refractivity contribution >= 4 is 5.97 Å². The summed E-state index contributed by atoms with van der Waals surface area (Å²) in [5, 5.41) is 20.0. The van der Waals surface area contributed by atoms with E-state index < -0.39 is 5.97 Å². The summed E-state index contributed by atoms with van der Waals surface area (Å²) in [6, 6.07) is 12.0. The normalized spacial score (nSPS) is 10.2. The Morgan fingerprint density at radius 2 is 1.68 bits per heavy atom. The highest BCUT2D eigenvalue weighted by Gasteiger charge is 2.06. The molecule has 0 unspecified atom stereocenters. The van der Waals surface area contributed by atoms with Crippen LogP contribution in [0.2, 0.25) is 0 Å². The zero-order valence-corrected chi connectivity index (χ0v) is 12.6. The van der Waals surface area contributed by atoms with E-state index in [1.807, 2.05) is 18.2 Å². The van der Waals surface area contributed by atoms with Gasteiger partial charge < -0.3 is 15.0 Å². The molecule has 2 aromatic carbocycles. The lowest BCUT2D eigenvalue weighted by atomic mass is 9.95. The van der Waals surface area contributed by atoms with Crippen LogP contribution in [0.3, 0.4) is 0 Å². The van der Waals surface area contributed by atoms with Crippen LogP contribution in [-0.4, -0.2) is 11.1 Å². The molecule has 2 aromatic rings. The van der Waals surface area contributed by atoms with E-state index in [0.29, 0.717) is 5.92 Å². The Kier molecular flexibility index (Phi) is 4.98. The maximum Gasteiger partial charge on any atom is 0.0715 e. The quantitative estimate of drug-likeness (QED) is 0.881. The minimum absolute atomic E-state index is 0.0197. The van der Waals surface area contributed by atoms with Gasteiger partial charge >= 0.3 is 0 Å². The van der Waals surface area contributed by atoms with Crippen LogP contribution < -0.4 is 5.11 Å². The van der Waals surface area contributed by atoms with Crippen LogP contribution in [0, 0.1) is 11.8 Å². The monoisotopic (exact) mass is 293 g/mol. The summed E-state index contributed by atoms with van der Waals surface area (Å²) in [5.41, 5.74) is 3.74. The van der Waals surface area contributed by atoms with Crippen molar-refractivity contribution in [2.45, 2.75) is 26.4 Å². The van der Waals surface area contributed by atoms with Crippen molar-refractivity contribution in [2.75, 3.05) is 0 Å². The van der Waals surface area contributed by atoms with Crippen molar-refractivity contribution < 1.29 is 15.0 Å². The van der Waals surface area contributed by atoms with Crippen molar-refractivity contribution in [2.24, 2.45) is 0 Å². The first-order valence-electron chi connectivity index (χ1n) is 7.08. The Bertz CT molecular complexity index is 732. The van der Waals surface area contributed by atoms with Crippen molar-refractivity contribution in [3.05, 3.63) is 70.3 Å². The molecular formula is C19H17O3-. The van der Waals surface area contributed by atoms with Crippen LogP contribution in [0.25, 0.3) is 0 Å². The third kappa shape index (κ3) is 3.75. The molecule has 2 rings (SSSR count). The molecule has 0 radical (unpaired) electrons. The molecule has 0 atom stereocenters. The van der Waals surface area contributed by atoms with E-state index in [0.717, 1.165) is 22.3 Å². The van der Waals surface area contributed by atoms with Gasteiger partial charge in [-0.05, 0) is 46.9 Å². The molecule has 0 saturated carbocycles. The first kappa shape index (κ1) is 15.8. The molecule has 22 heavy (non-hydrogen) atoms. The van der Waals surface area contributed by atoms with E-state index in [-0.39, 0.29) is 12.2 Å². The third-order valence-electron chi connectivity index (χ3n) is 3.41. The van der Waals surface area contributed by atoms with Crippen molar-refractivity contribution in [1.29, 1.82) is 0 Å². The Morgan fingerprint density at radius 1 is 1.09 bits per heavy atom. The fourth-order valence-corrected chi connectivity index (χ4v) is 2.19. The fraction of sp³-hybridized carbons (Fsp3) is 0.211. The molecule has 0 spiro atoms. The van der Waals surface area contributed by atoms with Gasteiger partial charge in [0.15, 0.2) is 0 Å². The molecule has 0 amide bonds. The Morgan fingerprint density at radius 3 is 2.23 bits per heavy atom. The topological polar surface area (TPSA) is 60.4 Å². The van der Waals surface area contributed by atoms with E-state index in [1.165, 1.54) is 12.1 Å². The van der Waals surface area contributed by atoms with Gasteiger partial charge in [-0.25, -0.2) is 0 Å². The van der Waals surface area contributed by atoms with Gasteiger partial charge in [-0.1, -0.05) is 43.9 Å². The minimum Gasteiger partial charge on any atom is -0.545 e. The van der Waals surface area contributed by atoms with Crippen molar-refractivity contribution in [3.63, 3.8) is 0 Å². The Labute approximate surface area is 130 Å². The maximum absolute atomic E-state index is 10.7. The standard InChI is InChI=1S/C19H18O3/c1-13(2)18-11-15(7-10-17(18)12-20)4-3-14-5-8-16(9-6-14)19(21)22/h5-11,13,20H,12H2,1-2H3,(H,21,22)/p-1. The number of carbonyl (C=O) groups excluding carboxylic acids is 1. The summed E-state index contributed by atoms with van der Waals surface area (Å²) in [6.45, 7) is 4.17. The summed E-state index contributed by atoms with van der Waals surface area (Å²) in [4.78, 5) is 10.7. The molecule has 0 fully saturated rings. The number of carbonyl (C=O) groups is 1. The van der Waals surface area contributed by atoms with Crippen molar-refractivity contribution in [3.8, 4) is 11.8 Å². The smallest absolute Gasteiger partial charge is 0.0715 e. The SMILES string of the molecule is CC(C)c1cc(C#Cc2ccc(C(=O)[O-])cc2)ccc1CO. The van der Waals surface area contributed by atoms with Gasteiger partial charge in [0.25, 0.3) is 0 Å². The first-order chi connectivity index (χ1) is 10.5. The number of benzene rings is 2. The Balaban J connectivity index is 2.28. The van der Waals surface area contributed by atoms with Gasteiger partial charge in [-0.3, -0.25) is 0 Å². The summed E-state index contributed by atoms with van der Waals surface area (Å²) < 4.78 is 0. The van der Waals surface area contributed by atoms with Gasteiger partial charge in [0.1, 0.15) is 0 Å². The average molecular weight is 293 g/mol. The fourth-order valence-electron chi connectivity index (χ4n) is 2.19. The lowest BCUT2D eigenvalue weighted by Gasteiger charge is -2.11. The van der Waals surface area contributed by atoms with Crippen LogP contribution in [0.1, 0.15) is 52.4 Å². The van der Waals surface area contributed by atoms with Crippen LogP contribution in [0.15, 0.2) is 42.5 Å². The van der Waals surface area contributed by atoms with Crippen LogP contribution in [-0.2, 0) is 6.61 Å². The second kappa shape index (κ2) is 6.93. The number of aliphatic hydroxyl groups is 1. The molecular weight excluding hydrogens is 276 g/mol. The predicted octanol–water partition coefficient (Wildman–Crippen LogP) is 2.07. The molecule has 112 valence electrons. The van der Waals surface area contributed by atoms with Gasteiger partial charge in [0.05, 0.1) is 12.6 Å². The van der Waals surface area contributed by atoms with E-state index >= 15 is 0 Å². The number of hydrogen-bond donors (Lipinski definition) is 1. The van der Waals surface area contributed by atoms with E-state index in [4.69, 9.17) is 0 Å². The second-order valence-corrected chi connectivity index (χ2v) is 5.34. The highest BCUT2D eigenvalue weighted by molar-refractivity contribution is 5.85. The molecule has 3 nitrogen and oxygen atoms in total. The molecule has 0 aliphatic carbocycles. The number of carboxylic acids is 1.